The van der Waals surface area contributed by atoms with Gasteiger partial charge in [-0.15, -0.1) is 0 Å². The lowest BCUT2D eigenvalue weighted by Crippen LogP contribution is -3.00. The molecule has 1 rings (SSSR count). The molecule has 0 unspecified atom stereocenters. The molecule has 2 N–H and O–H groups in total. The molecule has 0 radical (unpaired) electrons. The topological polar surface area (TPSA) is 70.7 Å². The number of benzene rings is 1. The smallest absolute Gasteiger partial charge is 0.412 e. The first kappa shape index (κ1) is 38.2. The SMILES string of the molecule is CCCCCCCCCCCCCCCCCCNC(=O)Oc1ccccc1CCC(=O)NCCCN(C)C.[Cl-]. The average Bonchev–Trinajstić information content (AvgIpc) is 2.92. The van der Waals surface area contributed by atoms with Crippen molar-refractivity contribution in [1.82, 2.24) is 15.5 Å². The zero-order chi connectivity index (χ0) is 28.4. The quantitative estimate of drug-likeness (QED) is 0.159. The zero-order valence-electron chi connectivity index (χ0n) is 25.9. The molecule has 0 aliphatic heterocycles. The summed E-state index contributed by atoms with van der Waals surface area (Å²) in [5.74, 6) is 0.555. The largest absolute Gasteiger partial charge is 1.00 e. The van der Waals surface area contributed by atoms with Gasteiger partial charge in [-0.2, -0.15) is 0 Å². The third-order valence-corrected chi connectivity index (χ3v) is 7.20. The van der Waals surface area contributed by atoms with Crippen LogP contribution >= 0.6 is 0 Å². The lowest BCUT2D eigenvalue weighted by Gasteiger charge is -2.12. The van der Waals surface area contributed by atoms with Gasteiger partial charge in [-0.1, -0.05) is 121 Å². The van der Waals surface area contributed by atoms with E-state index in [0.29, 0.717) is 31.7 Å². The molecular formula is C33H59ClN3O3-. The Morgan fingerprint density at radius 2 is 1.20 bits per heavy atom. The summed E-state index contributed by atoms with van der Waals surface area (Å²) in [7, 11) is 4.05. The fourth-order valence-electron chi connectivity index (χ4n) is 4.77. The maximum Gasteiger partial charge on any atom is 0.412 e. The molecule has 2 amide bonds. The van der Waals surface area contributed by atoms with E-state index in [0.717, 1.165) is 31.4 Å². The third-order valence-electron chi connectivity index (χ3n) is 7.20. The van der Waals surface area contributed by atoms with Crippen LogP contribution in [0.2, 0.25) is 0 Å². The van der Waals surface area contributed by atoms with Gasteiger partial charge in [-0.05, 0) is 51.5 Å². The first-order valence-electron chi connectivity index (χ1n) is 16.0. The van der Waals surface area contributed by atoms with Crippen LogP contribution in [0.4, 0.5) is 4.79 Å². The number of nitrogens with one attached hydrogen (secondary N) is 2. The Labute approximate surface area is 252 Å². The van der Waals surface area contributed by atoms with E-state index < -0.39 is 6.09 Å². The standard InChI is InChI=1S/C33H59N3O3.ClH/c1-4-5-6-7-8-9-10-11-12-13-14-15-16-17-18-21-27-35-33(38)39-31-24-20-19-23-30(31)25-26-32(37)34-28-22-29-36(2)3;/h19-20,23-24H,4-18,21-22,25-29H2,1-3H3,(H,34,37)(H,35,38);1H/p-1. The monoisotopic (exact) mass is 580 g/mol. The lowest BCUT2D eigenvalue weighted by molar-refractivity contribution is -0.121. The number of ether oxygens (including phenoxy) is 1. The van der Waals surface area contributed by atoms with Crippen molar-refractivity contribution in [2.75, 3.05) is 33.7 Å². The van der Waals surface area contributed by atoms with E-state index in [1.54, 1.807) is 6.07 Å². The molecule has 0 aromatic heterocycles. The molecule has 40 heavy (non-hydrogen) atoms. The summed E-state index contributed by atoms with van der Waals surface area (Å²) >= 11 is 0. The second kappa shape index (κ2) is 27.4. The maximum atomic E-state index is 12.3. The molecule has 1 aromatic rings. The van der Waals surface area contributed by atoms with Gasteiger partial charge in [0.05, 0.1) is 0 Å². The number of hydrogen-bond acceptors (Lipinski definition) is 4. The van der Waals surface area contributed by atoms with Crippen LogP contribution in [-0.2, 0) is 11.2 Å². The van der Waals surface area contributed by atoms with Crippen LogP contribution in [0.15, 0.2) is 24.3 Å². The number of aryl methyl sites for hydroxylation is 1. The Hall–Kier alpha value is -1.79. The zero-order valence-corrected chi connectivity index (χ0v) is 26.7. The van der Waals surface area contributed by atoms with Crippen LogP contribution in [0, 0.1) is 0 Å². The minimum absolute atomic E-state index is 0. The summed E-state index contributed by atoms with van der Waals surface area (Å²) in [4.78, 5) is 26.5. The highest BCUT2D eigenvalue weighted by atomic mass is 35.5. The molecule has 0 heterocycles. The Kier molecular flexibility index (Phi) is 26.2. The predicted molar refractivity (Wildman–Crippen MR) is 165 cm³/mol. The van der Waals surface area contributed by atoms with Crippen molar-refractivity contribution in [2.24, 2.45) is 0 Å². The van der Waals surface area contributed by atoms with Gasteiger partial charge in [0.2, 0.25) is 5.91 Å². The fourth-order valence-corrected chi connectivity index (χ4v) is 4.77. The number of rotatable bonds is 25. The van der Waals surface area contributed by atoms with Crippen LogP contribution in [-0.4, -0.2) is 50.6 Å². The van der Waals surface area contributed by atoms with Gasteiger partial charge in [0.1, 0.15) is 5.75 Å². The van der Waals surface area contributed by atoms with E-state index in [9.17, 15) is 9.59 Å². The Morgan fingerprint density at radius 1 is 0.700 bits per heavy atom. The lowest BCUT2D eigenvalue weighted by atomic mass is 10.0. The van der Waals surface area contributed by atoms with Crippen molar-refractivity contribution in [1.29, 1.82) is 0 Å². The Balaban J connectivity index is 0.0000152. The van der Waals surface area contributed by atoms with Crippen molar-refractivity contribution >= 4 is 12.0 Å². The second-order valence-corrected chi connectivity index (χ2v) is 11.2. The minimum atomic E-state index is -0.420. The summed E-state index contributed by atoms with van der Waals surface area (Å²) in [6.07, 6.45) is 22.8. The summed E-state index contributed by atoms with van der Waals surface area (Å²) in [6, 6.07) is 7.46. The van der Waals surface area contributed by atoms with Gasteiger partial charge in [0.25, 0.3) is 0 Å². The van der Waals surface area contributed by atoms with E-state index >= 15 is 0 Å². The highest BCUT2D eigenvalue weighted by Crippen LogP contribution is 2.20. The van der Waals surface area contributed by atoms with Gasteiger partial charge < -0.3 is 32.7 Å². The summed E-state index contributed by atoms with van der Waals surface area (Å²) in [5.41, 5.74) is 0.874. The number of halogens is 1. The van der Waals surface area contributed by atoms with Crippen LogP contribution in [0.5, 0.6) is 5.75 Å². The van der Waals surface area contributed by atoms with Gasteiger partial charge in [-0.3, -0.25) is 4.79 Å². The van der Waals surface area contributed by atoms with Crippen molar-refractivity contribution in [3.63, 3.8) is 0 Å². The first-order chi connectivity index (χ1) is 19.0. The molecule has 232 valence electrons. The molecule has 1 aromatic carbocycles. The first-order valence-corrected chi connectivity index (χ1v) is 16.0. The molecule has 0 spiro atoms. The molecule has 6 nitrogen and oxygen atoms in total. The summed E-state index contributed by atoms with van der Waals surface area (Å²) in [5, 5.41) is 5.83. The number of carbonyl (C=O) groups is 2. The Bertz CT molecular complexity index is 745. The van der Waals surface area contributed by atoms with Gasteiger partial charge >= 0.3 is 6.09 Å². The number of nitrogens with zero attached hydrogens (tertiary/aromatic N) is 1. The Morgan fingerprint density at radius 3 is 1.75 bits per heavy atom. The molecule has 0 saturated carbocycles. The number of amides is 2. The van der Waals surface area contributed by atoms with Gasteiger partial charge in [0, 0.05) is 19.5 Å². The van der Waals surface area contributed by atoms with E-state index in [2.05, 4.69) is 22.5 Å². The van der Waals surface area contributed by atoms with Gasteiger partial charge in [0.15, 0.2) is 0 Å². The molecule has 7 heteroatoms. The summed E-state index contributed by atoms with van der Waals surface area (Å²) in [6.45, 7) is 4.54. The van der Waals surface area contributed by atoms with Crippen molar-refractivity contribution < 1.29 is 26.7 Å². The summed E-state index contributed by atoms with van der Waals surface area (Å²) < 4.78 is 5.54. The van der Waals surface area contributed by atoms with E-state index in [4.69, 9.17) is 4.74 Å². The average molecular weight is 581 g/mol. The molecular weight excluding hydrogens is 522 g/mol. The van der Waals surface area contributed by atoms with Crippen LogP contribution < -0.4 is 27.8 Å². The number of hydrogen-bond donors (Lipinski definition) is 2. The normalized spacial score (nSPS) is 10.8. The predicted octanol–water partition coefficient (Wildman–Crippen LogP) is 5.04. The fraction of sp³-hybridized carbons (Fsp3) is 0.758. The van der Waals surface area contributed by atoms with Crippen LogP contribution in [0.25, 0.3) is 0 Å². The van der Waals surface area contributed by atoms with Crippen molar-refractivity contribution in [2.45, 2.75) is 129 Å². The highest BCUT2D eigenvalue weighted by molar-refractivity contribution is 5.76. The number of para-hydroxylation sites is 1. The highest BCUT2D eigenvalue weighted by Gasteiger charge is 2.10. The second-order valence-electron chi connectivity index (χ2n) is 11.2. The van der Waals surface area contributed by atoms with Crippen molar-refractivity contribution in [3.8, 4) is 5.75 Å². The molecule has 0 fully saturated rings. The van der Waals surface area contributed by atoms with Crippen LogP contribution in [0.3, 0.4) is 0 Å². The molecule has 0 aliphatic rings. The minimum Gasteiger partial charge on any atom is -1.00 e. The molecule has 0 bridgehead atoms. The molecule has 0 aliphatic carbocycles. The number of carbonyl (C=O) groups excluding carboxylic acids is 2. The van der Waals surface area contributed by atoms with E-state index in [-0.39, 0.29) is 18.3 Å². The third kappa shape index (κ3) is 23.0. The molecule has 0 saturated heterocycles. The maximum absolute atomic E-state index is 12.3. The van der Waals surface area contributed by atoms with Gasteiger partial charge in [-0.25, -0.2) is 4.79 Å². The van der Waals surface area contributed by atoms with E-state index in [1.165, 1.54) is 89.9 Å². The van der Waals surface area contributed by atoms with Crippen molar-refractivity contribution in [3.05, 3.63) is 29.8 Å². The molecule has 0 atom stereocenters. The number of unbranched alkanes of at least 4 members (excludes halogenated alkanes) is 15. The van der Waals surface area contributed by atoms with E-state index in [1.807, 2.05) is 32.3 Å². The van der Waals surface area contributed by atoms with Crippen LogP contribution in [0.1, 0.15) is 128 Å².